The third-order valence-corrected chi connectivity index (χ3v) is 3.11. The number of anilines is 2. The molecule has 1 unspecified atom stereocenters. The minimum atomic E-state index is -0.623. The van der Waals surface area contributed by atoms with Gasteiger partial charge in [-0.05, 0) is 18.2 Å². The summed E-state index contributed by atoms with van der Waals surface area (Å²) < 4.78 is 19.3. The van der Waals surface area contributed by atoms with Gasteiger partial charge < -0.3 is 25.8 Å². The summed E-state index contributed by atoms with van der Waals surface area (Å²) in [5, 5.41) is 12.3. The quantitative estimate of drug-likeness (QED) is 0.721. The first-order valence-electron chi connectivity index (χ1n) is 6.45. The number of hydrogen-bond acceptors (Lipinski definition) is 5. The van der Waals surface area contributed by atoms with Crippen molar-refractivity contribution in [3.05, 3.63) is 24.0 Å². The van der Waals surface area contributed by atoms with Gasteiger partial charge in [0.15, 0.2) is 0 Å². The van der Waals surface area contributed by atoms with Crippen LogP contribution in [0.15, 0.2) is 18.2 Å². The zero-order valence-corrected chi connectivity index (χ0v) is 10.8. The SMILES string of the molecule is NCC(O)CNc1ccc(N2CCOCC2)c(F)c1. The Bertz CT molecular complexity index is 411. The summed E-state index contributed by atoms with van der Waals surface area (Å²) in [6, 6.07) is 4.99. The minimum Gasteiger partial charge on any atom is -0.390 e. The number of nitrogens with one attached hydrogen (secondary N) is 1. The van der Waals surface area contributed by atoms with E-state index in [9.17, 15) is 9.50 Å². The van der Waals surface area contributed by atoms with E-state index < -0.39 is 6.10 Å². The number of aliphatic hydroxyl groups excluding tert-OH is 1. The van der Waals surface area contributed by atoms with E-state index in [0.717, 1.165) is 0 Å². The van der Waals surface area contributed by atoms with Gasteiger partial charge >= 0.3 is 0 Å². The molecule has 0 aromatic heterocycles. The van der Waals surface area contributed by atoms with Crippen molar-refractivity contribution in [2.45, 2.75) is 6.10 Å². The van der Waals surface area contributed by atoms with Crippen molar-refractivity contribution in [2.24, 2.45) is 5.73 Å². The number of halogens is 1. The van der Waals surface area contributed by atoms with Crippen LogP contribution in [0.4, 0.5) is 15.8 Å². The van der Waals surface area contributed by atoms with E-state index in [2.05, 4.69) is 5.32 Å². The fourth-order valence-corrected chi connectivity index (χ4v) is 2.00. The molecule has 0 saturated carbocycles. The minimum absolute atomic E-state index is 0.182. The zero-order valence-electron chi connectivity index (χ0n) is 10.8. The first kappa shape index (κ1) is 14.0. The van der Waals surface area contributed by atoms with Crippen molar-refractivity contribution < 1.29 is 14.2 Å². The molecule has 1 aliphatic heterocycles. The van der Waals surface area contributed by atoms with Crippen molar-refractivity contribution in [3.63, 3.8) is 0 Å². The predicted octanol–water partition coefficient (Wildman–Crippen LogP) is 0.394. The lowest BCUT2D eigenvalue weighted by molar-refractivity contribution is 0.122. The van der Waals surface area contributed by atoms with Crippen LogP contribution in [-0.4, -0.2) is 50.6 Å². The van der Waals surface area contributed by atoms with Gasteiger partial charge in [-0.25, -0.2) is 4.39 Å². The van der Waals surface area contributed by atoms with Gasteiger partial charge in [0.25, 0.3) is 0 Å². The smallest absolute Gasteiger partial charge is 0.148 e. The topological polar surface area (TPSA) is 70.8 Å². The predicted molar refractivity (Wildman–Crippen MR) is 73.0 cm³/mol. The Morgan fingerprint density at radius 2 is 2.16 bits per heavy atom. The highest BCUT2D eigenvalue weighted by atomic mass is 19.1. The molecule has 1 fully saturated rings. The average Bonchev–Trinajstić information content (AvgIpc) is 2.45. The van der Waals surface area contributed by atoms with Crippen LogP contribution in [0.2, 0.25) is 0 Å². The van der Waals surface area contributed by atoms with Crippen LogP contribution in [0.25, 0.3) is 0 Å². The van der Waals surface area contributed by atoms with E-state index in [1.807, 2.05) is 4.90 Å². The lowest BCUT2D eigenvalue weighted by atomic mass is 10.2. The molecular formula is C13H20FN3O2. The molecule has 0 radical (unpaired) electrons. The van der Waals surface area contributed by atoms with Gasteiger partial charge in [-0.15, -0.1) is 0 Å². The molecule has 6 heteroatoms. The van der Waals surface area contributed by atoms with Gasteiger partial charge in [-0.2, -0.15) is 0 Å². The average molecular weight is 269 g/mol. The molecule has 0 bridgehead atoms. The molecule has 1 heterocycles. The third-order valence-electron chi connectivity index (χ3n) is 3.11. The molecule has 19 heavy (non-hydrogen) atoms. The number of nitrogens with two attached hydrogens (primary N) is 1. The summed E-state index contributed by atoms with van der Waals surface area (Å²) in [6.07, 6.45) is -0.623. The van der Waals surface area contributed by atoms with Crippen LogP contribution in [-0.2, 0) is 4.74 Å². The summed E-state index contributed by atoms with van der Waals surface area (Å²) >= 11 is 0. The number of aliphatic hydroxyl groups is 1. The van der Waals surface area contributed by atoms with E-state index >= 15 is 0 Å². The van der Waals surface area contributed by atoms with E-state index in [4.69, 9.17) is 10.5 Å². The molecule has 0 spiro atoms. The molecule has 1 aliphatic rings. The van der Waals surface area contributed by atoms with Crippen molar-refractivity contribution in [3.8, 4) is 0 Å². The Kier molecular flexibility index (Phi) is 4.95. The van der Waals surface area contributed by atoms with Crippen LogP contribution >= 0.6 is 0 Å². The largest absolute Gasteiger partial charge is 0.390 e. The van der Waals surface area contributed by atoms with Crippen molar-refractivity contribution in [2.75, 3.05) is 49.6 Å². The molecule has 106 valence electrons. The lowest BCUT2D eigenvalue weighted by Gasteiger charge is -2.29. The monoisotopic (exact) mass is 269 g/mol. The number of nitrogens with zero attached hydrogens (tertiary/aromatic N) is 1. The Balaban J connectivity index is 2.00. The highest BCUT2D eigenvalue weighted by Crippen LogP contribution is 2.23. The second-order valence-corrected chi connectivity index (χ2v) is 4.54. The Labute approximate surface area is 112 Å². The lowest BCUT2D eigenvalue weighted by Crippen LogP contribution is -2.36. The zero-order chi connectivity index (χ0) is 13.7. The van der Waals surface area contributed by atoms with E-state index in [-0.39, 0.29) is 12.4 Å². The molecule has 5 nitrogen and oxygen atoms in total. The van der Waals surface area contributed by atoms with Crippen molar-refractivity contribution in [1.29, 1.82) is 0 Å². The number of ether oxygens (including phenoxy) is 1. The molecule has 0 aliphatic carbocycles. The molecule has 1 aromatic carbocycles. The summed E-state index contributed by atoms with van der Waals surface area (Å²) in [5.41, 5.74) is 6.54. The maximum Gasteiger partial charge on any atom is 0.148 e. The maximum absolute atomic E-state index is 14.0. The van der Waals surface area contributed by atoms with E-state index in [1.165, 1.54) is 6.07 Å². The molecule has 4 N–H and O–H groups in total. The Morgan fingerprint density at radius 1 is 1.42 bits per heavy atom. The summed E-state index contributed by atoms with van der Waals surface area (Å²) in [6.45, 7) is 3.16. The molecule has 1 aromatic rings. The molecule has 2 rings (SSSR count). The second kappa shape index (κ2) is 6.70. The molecular weight excluding hydrogens is 249 g/mol. The summed E-state index contributed by atoms with van der Waals surface area (Å²) in [5.74, 6) is -0.269. The Morgan fingerprint density at radius 3 is 2.79 bits per heavy atom. The van der Waals surface area contributed by atoms with Crippen LogP contribution in [0.3, 0.4) is 0 Å². The number of morpholine rings is 1. The van der Waals surface area contributed by atoms with Crippen LogP contribution in [0.1, 0.15) is 0 Å². The first-order valence-corrected chi connectivity index (χ1v) is 6.45. The summed E-state index contributed by atoms with van der Waals surface area (Å²) in [4.78, 5) is 1.97. The van der Waals surface area contributed by atoms with Gasteiger partial charge in [0.05, 0.1) is 25.0 Å². The third kappa shape index (κ3) is 3.79. The standard InChI is InChI=1S/C13H20FN3O2/c14-12-7-10(16-9-11(18)8-15)1-2-13(12)17-3-5-19-6-4-17/h1-2,7,11,16,18H,3-6,8-9,15H2. The fourth-order valence-electron chi connectivity index (χ4n) is 2.00. The van der Waals surface area contributed by atoms with E-state index in [1.54, 1.807) is 12.1 Å². The molecule has 1 atom stereocenters. The number of benzene rings is 1. The van der Waals surface area contributed by atoms with Gasteiger partial charge in [0.2, 0.25) is 0 Å². The van der Waals surface area contributed by atoms with E-state index in [0.29, 0.717) is 44.2 Å². The molecule has 0 amide bonds. The summed E-state index contributed by atoms with van der Waals surface area (Å²) in [7, 11) is 0. The van der Waals surface area contributed by atoms with Gasteiger partial charge in [0.1, 0.15) is 5.82 Å². The van der Waals surface area contributed by atoms with Gasteiger partial charge in [-0.1, -0.05) is 0 Å². The first-order chi connectivity index (χ1) is 9.20. The molecule has 1 saturated heterocycles. The normalized spacial score (nSPS) is 17.3. The fraction of sp³-hybridized carbons (Fsp3) is 0.538. The second-order valence-electron chi connectivity index (χ2n) is 4.54. The number of rotatable bonds is 5. The Hall–Kier alpha value is -1.37. The number of hydrogen-bond donors (Lipinski definition) is 3. The van der Waals surface area contributed by atoms with Crippen LogP contribution in [0.5, 0.6) is 0 Å². The van der Waals surface area contributed by atoms with Gasteiger partial charge in [-0.3, -0.25) is 0 Å². The van der Waals surface area contributed by atoms with Crippen molar-refractivity contribution in [1.82, 2.24) is 0 Å². The van der Waals surface area contributed by atoms with Crippen LogP contribution in [0, 0.1) is 5.82 Å². The highest BCUT2D eigenvalue weighted by Gasteiger charge is 2.15. The highest BCUT2D eigenvalue weighted by molar-refractivity contribution is 5.56. The van der Waals surface area contributed by atoms with Gasteiger partial charge in [0, 0.05) is 31.9 Å². The maximum atomic E-state index is 14.0. The van der Waals surface area contributed by atoms with Crippen molar-refractivity contribution >= 4 is 11.4 Å². The van der Waals surface area contributed by atoms with Crippen LogP contribution < -0.4 is 16.0 Å².